The van der Waals surface area contributed by atoms with Gasteiger partial charge in [0.15, 0.2) is 17.6 Å². The molecule has 0 radical (unpaired) electrons. The molecule has 0 fully saturated rings. The monoisotopic (exact) mass is 240 g/mol. The highest BCUT2D eigenvalue weighted by atomic mass is 16.6. The number of nitrogens with two attached hydrogens (primary N) is 1. The van der Waals surface area contributed by atoms with Crippen molar-refractivity contribution in [2.45, 2.75) is 13.0 Å². The van der Waals surface area contributed by atoms with Crippen molar-refractivity contribution < 1.29 is 19.2 Å². The Morgan fingerprint density at radius 3 is 2.59 bits per heavy atom. The average molecular weight is 240 g/mol. The van der Waals surface area contributed by atoms with Gasteiger partial charge in [0.05, 0.1) is 18.1 Å². The highest BCUT2D eigenvalue weighted by Crippen LogP contribution is 2.31. The molecule has 1 aromatic carbocycles. The van der Waals surface area contributed by atoms with Gasteiger partial charge < -0.3 is 15.2 Å². The van der Waals surface area contributed by atoms with E-state index in [0.717, 1.165) is 0 Å². The highest BCUT2D eigenvalue weighted by molar-refractivity contribution is 5.78. The van der Waals surface area contributed by atoms with Crippen molar-refractivity contribution in [2.75, 3.05) is 7.11 Å². The largest absolute Gasteiger partial charge is 0.493 e. The number of nitrogens with zero attached hydrogens (tertiary/aromatic N) is 1. The zero-order valence-corrected chi connectivity index (χ0v) is 9.38. The van der Waals surface area contributed by atoms with Crippen LogP contribution in [0.3, 0.4) is 0 Å². The normalized spacial score (nSPS) is 11.6. The zero-order valence-electron chi connectivity index (χ0n) is 9.38. The number of carbonyl (C=O) groups excluding carboxylic acids is 1. The molecule has 0 spiro atoms. The molecule has 0 saturated carbocycles. The first-order valence-electron chi connectivity index (χ1n) is 4.74. The second-order valence-electron chi connectivity index (χ2n) is 3.25. The van der Waals surface area contributed by atoms with Gasteiger partial charge >= 0.3 is 0 Å². The molecule has 2 N–H and O–H groups in total. The van der Waals surface area contributed by atoms with Crippen LogP contribution in [0.15, 0.2) is 18.2 Å². The number of hydrogen-bond donors (Lipinski definition) is 1. The Labute approximate surface area is 97.3 Å². The summed E-state index contributed by atoms with van der Waals surface area (Å²) in [6.07, 6.45) is -0.842. The molecule has 7 nitrogen and oxygen atoms in total. The van der Waals surface area contributed by atoms with E-state index in [1.54, 1.807) is 0 Å². The molecule has 0 heterocycles. The van der Waals surface area contributed by atoms with Crippen LogP contribution in [0.25, 0.3) is 0 Å². The lowest BCUT2D eigenvalue weighted by molar-refractivity contribution is -0.385. The maximum Gasteiger partial charge on any atom is 0.273 e. The Hall–Kier alpha value is -2.31. The second-order valence-corrected chi connectivity index (χ2v) is 3.25. The molecule has 0 aromatic heterocycles. The number of nitro benzene ring substituents is 1. The summed E-state index contributed by atoms with van der Waals surface area (Å²) in [4.78, 5) is 20.8. The maximum absolute atomic E-state index is 10.8. The molecule has 1 aromatic rings. The smallest absolute Gasteiger partial charge is 0.273 e. The van der Waals surface area contributed by atoms with Crippen molar-refractivity contribution in [3.8, 4) is 11.5 Å². The molecular formula is C10H12N2O5. The minimum absolute atomic E-state index is 0.124. The summed E-state index contributed by atoms with van der Waals surface area (Å²) >= 11 is 0. The first-order chi connectivity index (χ1) is 7.95. The van der Waals surface area contributed by atoms with Crippen LogP contribution in [0.1, 0.15) is 6.92 Å². The lowest BCUT2D eigenvalue weighted by Crippen LogP contribution is -2.30. The summed E-state index contributed by atoms with van der Waals surface area (Å²) in [6, 6.07) is 3.82. The van der Waals surface area contributed by atoms with Gasteiger partial charge in [0.25, 0.3) is 11.6 Å². The van der Waals surface area contributed by atoms with Crippen LogP contribution >= 0.6 is 0 Å². The van der Waals surface area contributed by atoms with Crippen LogP contribution in [0.5, 0.6) is 11.5 Å². The van der Waals surface area contributed by atoms with E-state index in [9.17, 15) is 14.9 Å². The number of primary amides is 1. The molecule has 0 bridgehead atoms. The van der Waals surface area contributed by atoms with Crippen molar-refractivity contribution in [2.24, 2.45) is 5.73 Å². The summed E-state index contributed by atoms with van der Waals surface area (Å²) in [7, 11) is 1.35. The summed E-state index contributed by atoms with van der Waals surface area (Å²) in [5.74, 6) is -0.234. The van der Waals surface area contributed by atoms with Crippen LogP contribution in [0, 0.1) is 10.1 Å². The van der Waals surface area contributed by atoms with Gasteiger partial charge in [0.2, 0.25) is 0 Å². The fourth-order valence-electron chi connectivity index (χ4n) is 1.12. The Bertz CT molecular complexity index is 446. The number of carbonyl (C=O) groups is 1. The molecular weight excluding hydrogens is 228 g/mol. The lowest BCUT2D eigenvalue weighted by Gasteiger charge is -2.13. The number of rotatable bonds is 5. The minimum Gasteiger partial charge on any atom is -0.493 e. The summed E-state index contributed by atoms with van der Waals surface area (Å²) in [6.45, 7) is 1.48. The van der Waals surface area contributed by atoms with Crippen LogP contribution in [-0.2, 0) is 4.79 Å². The highest BCUT2D eigenvalue weighted by Gasteiger charge is 2.16. The number of hydrogen-bond acceptors (Lipinski definition) is 5. The lowest BCUT2D eigenvalue weighted by atomic mass is 10.2. The Morgan fingerprint density at radius 1 is 1.47 bits per heavy atom. The van der Waals surface area contributed by atoms with Gasteiger partial charge in [-0.15, -0.1) is 0 Å². The second kappa shape index (κ2) is 5.15. The average Bonchev–Trinajstić information content (AvgIpc) is 2.28. The van der Waals surface area contributed by atoms with Gasteiger partial charge in [-0.2, -0.15) is 0 Å². The van der Waals surface area contributed by atoms with Crippen molar-refractivity contribution >= 4 is 11.6 Å². The summed E-state index contributed by atoms with van der Waals surface area (Å²) in [5.41, 5.74) is 4.92. The quantitative estimate of drug-likeness (QED) is 0.606. The molecule has 1 unspecified atom stereocenters. The molecule has 7 heteroatoms. The standard InChI is InChI=1S/C10H12N2O5/c1-6(10(11)13)17-8-4-3-7(12(14)15)5-9(8)16-2/h3-6H,1-2H3,(H2,11,13). The number of non-ortho nitro benzene ring substituents is 1. The van der Waals surface area contributed by atoms with Crippen LogP contribution < -0.4 is 15.2 Å². The summed E-state index contributed by atoms with van der Waals surface area (Å²) < 4.78 is 10.1. The van der Waals surface area contributed by atoms with Gasteiger partial charge in [-0.1, -0.05) is 0 Å². The van der Waals surface area contributed by atoms with Crippen LogP contribution in [-0.4, -0.2) is 24.0 Å². The van der Waals surface area contributed by atoms with E-state index in [0.29, 0.717) is 0 Å². The van der Waals surface area contributed by atoms with Crippen molar-refractivity contribution in [3.63, 3.8) is 0 Å². The number of nitro groups is 1. The molecule has 0 aliphatic rings. The first-order valence-corrected chi connectivity index (χ1v) is 4.74. The topological polar surface area (TPSA) is 105 Å². The third-order valence-electron chi connectivity index (χ3n) is 2.06. The van der Waals surface area contributed by atoms with E-state index in [-0.39, 0.29) is 17.2 Å². The van der Waals surface area contributed by atoms with Crippen molar-refractivity contribution in [1.82, 2.24) is 0 Å². The van der Waals surface area contributed by atoms with Crippen molar-refractivity contribution in [1.29, 1.82) is 0 Å². The van der Waals surface area contributed by atoms with E-state index < -0.39 is 16.9 Å². The fourth-order valence-corrected chi connectivity index (χ4v) is 1.12. The molecule has 1 rings (SSSR count). The molecule has 92 valence electrons. The van der Waals surface area contributed by atoms with E-state index in [1.807, 2.05) is 0 Å². The molecule has 17 heavy (non-hydrogen) atoms. The molecule has 0 saturated heterocycles. The Morgan fingerprint density at radius 2 is 2.12 bits per heavy atom. The maximum atomic E-state index is 10.8. The first kappa shape index (κ1) is 12.8. The van der Waals surface area contributed by atoms with Crippen LogP contribution in [0.4, 0.5) is 5.69 Å². The third-order valence-corrected chi connectivity index (χ3v) is 2.06. The molecule has 0 aliphatic carbocycles. The predicted molar refractivity (Wildman–Crippen MR) is 58.9 cm³/mol. The Kier molecular flexibility index (Phi) is 3.86. The van der Waals surface area contributed by atoms with E-state index in [4.69, 9.17) is 15.2 Å². The third kappa shape index (κ3) is 3.07. The molecule has 0 aliphatic heterocycles. The van der Waals surface area contributed by atoms with Gasteiger partial charge in [-0.3, -0.25) is 14.9 Å². The van der Waals surface area contributed by atoms with Gasteiger partial charge in [0, 0.05) is 6.07 Å². The van der Waals surface area contributed by atoms with E-state index >= 15 is 0 Å². The predicted octanol–water partition coefficient (Wildman–Crippen LogP) is 0.856. The number of benzene rings is 1. The van der Waals surface area contributed by atoms with E-state index in [1.165, 1.54) is 32.2 Å². The number of methoxy groups -OCH3 is 1. The minimum atomic E-state index is -0.842. The van der Waals surface area contributed by atoms with Crippen LogP contribution in [0.2, 0.25) is 0 Å². The fraction of sp³-hybridized carbons (Fsp3) is 0.300. The number of ether oxygens (including phenoxy) is 2. The number of amides is 1. The molecule has 1 amide bonds. The van der Waals surface area contributed by atoms with Crippen molar-refractivity contribution in [3.05, 3.63) is 28.3 Å². The Balaban J connectivity index is 3.00. The summed E-state index contributed by atoms with van der Waals surface area (Å²) in [5, 5.41) is 10.5. The zero-order chi connectivity index (χ0) is 13.0. The van der Waals surface area contributed by atoms with Gasteiger partial charge in [-0.05, 0) is 13.0 Å². The van der Waals surface area contributed by atoms with Gasteiger partial charge in [0.1, 0.15) is 0 Å². The SMILES string of the molecule is COc1cc([N+](=O)[O-])ccc1OC(C)C(N)=O. The molecule has 1 atom stereocenters. The van der Waals surface area contributed by atoms with Gasteiger partial charge in [-0.25, -0.2) is 0 Å². The van der Waals surface area contributed by atoms with E-state index in [2.05, 4.69) is 0 Å².